The van der Waals surface area contributed by atoms with E-state index in [1.54, 1.807) is 20.8 Å². The standard InChI is InChI=1S/C10H19NO4S.CH5NO2S/c1-10(2,3)15-9(14)11-7(8(12)13)5-6-16-4;1-5(2,3)4/h7H,5-6H2,1-4H3,(H,11,14)(H,12,13);1H3,(H2,2,3,4). The van der Waals surface area contributed by atoms with Crippen molar-refractivity contribution in [2.45, 2.75) is 38.8 Å². The minimum Gasteiger partial charge on any atom is -0.480 e. The minimum absolute atomic E-state index is 0.385. The highest BCUT2D eigenvalue weighted by molar-refractivity contribution is 7.98. The predicted molar refractivity (Wildman–Crippen MR) is 82.8 cm³/mol. The summed E-state index contributed by atoms with van der Waals surface area (Å²) < 4.78 is 23.8. The van der Waals surface area contributed by atoms with Crippen molar-refractivity contribution in [2.24, 2.45) is 5.14 Å². The van der Waals surface area contributed by atoms with Crippen LogP contribution in [0.3, 0.4) is 0 Å². The zero-order valence-electron chi connectivity index (χ0n) is 12.9. The molecule has 0 aromatic heterocycles. The number of sulfonamides is 1. The van der Waals surface area contributed by atoms with Crippen LogP contribution >= 0.6 is 11.8 Å². The summed E-state index contributed by atoms with van der Waals surface area (Å²) in [4.78, 5) is 22.2. The molecule has 0 heterocycles. The summed E-state index contributed by atoms with van der Waals surface area (Å²) >= 11 is 1.53. The molecule has 0 aliphatic heterocycles. The van der Waals surface area contributed by atoms with Gasteiger partial charge in [0.1, 0.15) is 11.6 Å². The Labute approximate surface area is 129 Å². The van der Waals surface area contributed by atoms with Crippen LogP contribution in [0.1, 0.15) is 27.2 Å². The number of carboxylic acids is 1. The quantitative estimate of drug-likeness (QED) is 0.665. The Balaban J connectivity index is 0. The Bertz CT molecular complexity index is 422. The molecule has 1 unspecified atom stereocenters. The first-order valence-electron chi connectivity index (χ1n) is 5.95. The first kappa shape index (κ1) is 22.3. The van der Waals surface area contributed by atoms with Gasteiger partial charge in [-0.25, -0.2) is 23.1 Å². The molecule has 0 saturated heterocycles. The number of rotatable bonds is 5. The second-order valence-electron chi connectivity index (χ2n) is 5.15. The topological polar surface area (TPSA) is 136 Å². The molecule has 126 valence electrons. The lowest BCUT2D eigenvalue weighted by atomic mass is 10.2. The fourth-order valence-corrected chi connectivity index (χ4v) is 1.41. The number of amides is 1. The van der Waals surface area contributed by atoms with Gasteiger partial charge in [-0.15, -0.1) is 0 Å². The summed E-state index contributed by atoms with van der Waals surface area (Å²) in [6.45, 7) is 5.18. The van der Waals surface area contributed by atoms with Crippen LogP contribution in [0, 0.1) is 0 Å². The number of thioether (sulfide) groups is 1. The molecule has 0 aromatic carbocycles. The van der Waals surface area contributed by atoms with Gasteiger partial charge in [-0.05, 0) is 39.2 Å². The number of carbonyl (C=O) groups excluding carboxylic acids is 1. The summed E-state index contributed by atoms with van der Waals surface area (Å²) in [6, 6.07) is -0.887. The third-order valence-corrected chi connectivity index (χ3v) is 2.24. The molecular weight excluding hydrogens is 320 g/mol. The lowest BCUT2D eigenvalue weighted by molar-refractivity contribution is -0.139. The second-order valence-corrected chi connectivity index (χ2v) is 7.79. The molecule has 8 nitrogen and oxygen atoms in total. The van der Waals surface area contributed by atoms with Crippen LogP contribution in [0.15, 0.2) is 0 Å². The van der Waals surface area contributed by atoms with Gasteiger partial charge in [0.25, 0.3) is 0 Å². The number of nitrogens with one attached hydrogen (secondary N) is 1. The smallest absolute Gasteiger partial charge is 0.408 e. The van der Waals surface area contributed by atoms with E-state index in [0.717, 1.165) is 6.26 Å². The Morgan fingerprint density at radius 1 is 1.38 bits per heavy atom. The van der Waals surface area contributed by atoms with Gasteiger partial charge in [0.2, 0.25) is 10.0 Å². The summed E-state index contributed by atoms with van der Waals surface area (Å²) in [6.07, 6.45) is 2.51. The van der Waals surface area contributed by atoms with Gasteiger partial charge in [0.05, 0.1) is 6.26 Å². The van der Waals surface area contributed by atoms with Crippen LogP contribution in [0.5, 0.6) is 0 Å². The molecule has 10 heteroatoms. The molecule has 0 aliphatic carbocycles. The molecule has 0 bridgehead atoms. The largest absolute Gasteiger partial charge is 0.480 e. The summed E-state index contributed by atoms with van der Waals surface area (Å²) in [7, 11) is -3.17. The van der Waals surface area contributed by atoms with Crippen molar-refractivity contribution in [3.8, 4) is 0 Å². The van der Waals surface area contributed by atoms with E-state index in [1.165, 1.54) is 11.8 Å². The number of carboxylic acid groups (broad SMARTS) is 1. The van der Waals surface area contributed by atoms with E-state index in [4.69, 9.17) is 9.84 Å². The highest BCUT2D eigenvalue weighted by atomic mass is 32.2. The normalized spacial score (nSPS) is 12.7. The van der Waals surface area contributed by atoms with E-state index in [2.05, 4.69) is 10.5 Å². The zero-order chi connectivity index (χ0) is 17.3. The van der Waals surface area contributed by atoms with E-state index < -0.39 is 33.7 Å². The van der Waals surface area contributed by atoms with E-state index in [0.29, 0.717) is 12.2 Å². The van der Waals surface area contributed by atoms with Crippen molar-refractivity contribution in [1.29, 1.82) is 0 Å². The highest BCUT2D eigenvalue weighted by Gasteiger charge is 2.23. The Kier molecular flexibility index (Phi) is 10.5. The molecular formula is C11H24N2O6S2. The molecule has 4 N–H and O–H groups in total. The molecule has 0 aliphatic rings. The number of primary sulfonamides is 1. The molecule has 1 amide bonds. The van der Waals surface area contributed by atoms with Crippen LogP contribution < -0.4 is 10.5 Å². The van der Waals surface area contributed by atoms with Gasteiger partial charge >= 0.3 is 12.1 Å². The SMILES string of the molecule is CS(N)(=O)=O.CSCCC(NC(=O)OC(C)(C)C)C(=O)O. The predicted octanol–water partition coefficient (Wildman–Crippen LogP) is 0.622. The van der Waals surface area contributed by atoms with Crippen molar-refractivity contribution in [1.82, 2.24) is 5.32 Å². The molecule has 0 aromatic rings. The number of hydrogen-bond donors (Lipinski definition) is 3. The number of nitrogens with two attached hydrogens (primary N) is 1. The molecule has 0 rings (SSSR count). The van der Waals surface area contributed by atoms with E-state index in [9.17, 15) is 18.0 Å². The molecule has 1 atom stereocenters. The van der Waals surface area contributed by atoms with Crippen LogP contribution in [-0.4, -0.2) is 55.5 Å². The number of carbonyl (C=O) groups is 2. The van der Waals surface area contributed by atoms with Gasteiger partial charge in [-0.3, -0.25) is 0 Å². The summed E-state index contributed by atoms with van der Waals surface area (Å²) in [5.74, 6) is -0.368. The van der Waals surface area contributed by atoms with Crippen LogP contribution in [-0.2, 0) is 19.6 Å². The summed E-state index contributed by atoms with van der Waals surface area (Å²) in [5, 5.41) is 15.5. The number of aliphatic carboxylic acids is 1. The van der Waals surface area contributed by atoms with Crippen LogP contribution in [0.4, 0.5) is 4.79 Å². The van der Waals surface area contributed by atoms with Gasteiger partial charge in [-0.2, -0.15) is 11.8 Å². The fraction of sp³-hybridized carbons (Fsp3) is 0.818. The Morgan fingerprint density at radius 3 is 2.10 bits per heavy atom. The molecule has 0 radical (unpaired) electrons. The minimum atomic E-state index is -3.17. The number of alkyl carbamates (subject to hydrolysis) is 1. The maximum Gasteiger partial charge on any atom is 0.408 e. The van der Waals surface area contributed by atoms with Gasteiger partial charge in [0, 0.05) is 0 Å². The monoisotopic (exact) mass is 344 g/mol. The lowest BCUT2D eigenvalue weighted by Gasteiger charge is -2.21. The maximum absolute atomic E-state index is 11.3. The Morgan fingerprint density at radius 2 is 1.81 bits per heavy atom. The van der Waals surface area contributed by atoms with Crippen LogP contribution in [0.25, 0.3) is 0 Å². The second kappa shape index (κ2) is 9.85. The van der Waals surface area contributed by atoms with Crippen molar-refractivity contribution in [2.75, 3.05) is 18.3 Å². The molecule has 21 heavy (non-hydrogen) atoms. The zero-order valence-corrected chi connectivity index (χ0v) is 14.5. The van der Waals surface area contributed by atoms with Crippen LogP contribution in [0.2, 0.25) is 0 Å². The third-order valence-electron chi connectivity index (χ3n) is 1.60. The van der Waals surface area contributed by atoms with Gasteiger partial charge in [0.15, 0.2) is 0 Å². The number of ether oxygens (including phenoxy) is 1. The Hall–Kier alpha value is -1.00. The number of hydrogen-bond acceptors (Lipinski definition) is 6. The summed E-state index contributed by atoms with van der Waals surface area (Å²) in [5.41, 5.74) is -0.618. The first-order valence-corrected chi connectivity index (χ1v) is 9.30. The van der Waals surface area contributed by atoms with Gasteiger partial charge in [-0.1, -0.05) is 0 Å². The van der Waals surface area contributed by atoms with E-state index in [-0.39, 0.29) is 0 Å². The fourth-order valence-electron chi connectivity index (χ4n) is 0.943. The van der Waals surface area contributed by atoms with Crippen molar-refractivity contribution >= 4 is 33.8 Å². The first-order chi connectivity index (χ1) is 9.26. The van der Waals surface area contributed by atoms with Gasteiger partial charge < -0.3 is 15.2 Å². The highest BCUT2D eigenvalue weighted by Crippen LogP contribution is 2.08. The average Bonchev–Trinajstić information content (AvgIpc) is 2.18. The lowest BCUT2D eigenvalue weighted by Crippen LogP contribution is -2.43. The van der Waals surface area contributed by atoms with Crippen molar-refractivity contribution in [3.63, 3.8) is 0 Å². The molecule has 0 saturated carbocycles. The average molecular weight is 344 g/mol. The van der Waals surface area contributed by atoms with E-state index >= 15 is 0 Å². The molecule has 0 fully saturated rings. The maximum atomic E-state index is 11.3. The molecule has 0 spiro atoms. The van der Waals surface area contributed by atoms with E-state index in [1.807, 2.05) is 6.26 Å². The van der Waals surface area contributed by atoms with Crippen molar-refractivity contribution in [3.05, 3.63) is 0 Å². The van der Waals surface area contributed by atoms with Crippen molar-refractivity contribution < 1.29 is 27.9 Å². The third kappa shape index (κ3) is 21.4.